The maximum atomic E-state index is 12.7. The van der Waals surface area contributed by atoms with Crippen molar-refractivity contribution in [2.24, 2.45) is 0 Å². The Morgan fingerprint density at radius 2 is 1.86 bits per heavy atom. The number of benzene rings is 1. The molecule has 0 saturated carbocycles. The van der Waals surface area contributed by atoms with E-state index < -0.39 is 0 Å². The fraction of sp³-hybridized carbons (Fsp3) is 0.500. The van der Waals surface area contributed by atoms with E-state index in [1.807, 2.05) is 18.7 Å². The van der Waals surface area contributed by atoms with Gasteiger partial charge in [0, 0.05) is 24.6 Å². The number of carbonyl (C=O) groups is 2. The third kappa shape index (κ3) is 2.98. The fourth-order valence-electron chi connectivity index (χ4n) is 2.92. The molecule has 2 amide bonds. The maximum Gasteiger partial charge on any atom is 0.251 e. The van der Waals surface area contributed by atoms with Crippen molar-refractivity contribution in [3.63, 3.8) is 0 Å². The van der Waals surface area contributed by atoms with Crippen LogP contribution in [0.1, 0.15) is 13.3 Å². The zero-order valence-corrected chi connectivity index (χ0v) is 13.5. The quantitative estimate of drug-likeness (QED) is 0.791. The number of amides is 2. The number of carbonyl (C=O) groups excluding carboxylic acids is 2. The first kappa shape index (κ1) is 15.4. The Hall–Kier alpha value is -1.53. The molecule has 2 heterocycles. The van der Waals surface area contributed by atoms with Gasteiger partial charge in [-0.2, -0.15) is 11.8 Å². The van der Waals surface area contributed by atoms with Gasteiger partial charge in [0.1, 0.15) is 5.75 Å². The monoisotopic (exact) mass is 320 g/mol. The second kappa shape index (κ2) is 6.71. The van der Waals surface area contributed by atoms with Gasteiger partial charge in [-0.05, 0) is 31.2 Å². The van der Waals surface area contributed by atoms with Crippen LogP contribution in [0.15, 0.2) is 24.3 Å². The highest BCUT2D eigenvalue weighted by molar-refractivity contribution is 7.99. The molecule has 22 heavy (non-hydrogen) atoms. The van der Waals surface area contributed by atoms with Crippen molar-refractivity contribution in [3.8, 4) is 5.75 Å². The van der Waals surface area contributed by atoms with E-state index in [1.165, 1.54) is 4.90 Å². The Balaban J connectivity index is 1.76. The Morgan fingerprint density at radius 3 is 2.50 bits per heavy atom. The average molecular weight is 320 g/mol. The van der Waals surface area contributed by atoms with Gasteiger partial charge in [-0.1, -0.05) is 0 Å². The van der Waals surface area contributed by atoms with Gasteiger partial charge in [-0.3, -0.25) is 14.5 Å². The van der Waals surface area contributed by atoms with Crippen molar-refractivity contribution in [1.29, 1.82) is 0 Å². The number of rotatable bonds is 4. The van der Waals surface area contributed by atoms with E-state index in [4.69, 9.17) is 4.74 Å². The first-order chi connectivity index (χ1) is 10.7. The van der Waals surface area contributed by atoms with Crippen molar-refractivity contribution in [1.82, 2.24) is 4.90 Å². The molecule has 1 aromatic rings. The molecule has 0 bridgehead atoms. The van der Waals surface area contributed by atoms with Crippen LogP contribution in [0.3, 0.4) is 0 Å². The van der Waals surface area contributed by atoms with E-state index in [-0.39, 0.29) is 24.3 Å². The topological polar surface area (TPSA) is 49.9 Å². The molecule has 3 rings (SSSR count). The van der Waals surface area contributed by atoms with E-state index in [9.17, 15) is 9.59 Å². The van der Waals surface area contributed by atoms with Crippen LogP contribution in [0.2, 0.25) is 0 Å². The molecule has 2 aliphatic heterocycles. The first-order valence-electron chi connectivity index (χ1n) is 7.62. The third-order valence-electron chi connectivity index (χ3n) is 4.02. The summed E-state index contributed by atoms with van der Waals surface area (Å²) in [4.78, 5) is 28.4. The summed E-state index contributed by atoms with van der Waals surface area (Å²) in [6, 6.07) is 6.85. The van der Waals surface area contributed by atoms with Crippen molar-refractivity contribution >= 4 is 29.3 Å². The number of ether oxygens (including phenoxy) is 1. The van der Waals surface area contributed by atoms with Crippen LogP contribution >= 0.6 is 11.8 Å². The molecule has 118 valence electrons. The fourth-order valence-corrected chi connectivity index (χ4v) is 3.85. The van der Waals surface area contributed by atoms with E-state index in [0.29, 0.717) is 12.3 Å². The summed E-state index contributed by atoms with van der Waals surface area (Å²) in [5.41, 5.74) is 0.632. The van der Waals surface area contributed by atoms with Crippen LogP contribution in [-0.4, -0.2) is 54.0 Å². The highest BCUT2D eigenvalue weighted by Crippen LogP contribution is 2.28. The molecule has 2 saturated heterocycles. The van der Waals surface area contributed by atoms with Gasteiger partial charge in [0.15, 0.2) is 0 Å². The number of thioether (sulfide) groups is 1. The molecular weight excluding hydrogens is 300 g/mol. The lowest BCUT2D eigenvalue weighted by molar-refractivity contribution is -0.122. The summed E-state index contributed by atoms with van der Waals surface area (Å²) in [6.45, 7) is 4.27. The Bertz CT molecular complexity index is 555. The predicted octanol–water partition coefficient (Wildman–Crippen LogP) is 1.77. The summed E-state index contributed by atoms with van der Waals surface area (Å²) < 4.78 is 5.39. The standard InChI is InChI=1S/C16H20N2O3S/c1-2-21-13-5-3-12(4-6-13)18-15(19)11-14(16(18)20)17-7-9-22-10-8-17/h3-6,14H,2,7-11H2,1H3/t14-/m1/s1. The smallest absolute Gasteiger partial charge is 0.251 e. The second-order valence-electron chi connectivity index (χ2n) is 5.36. The summed E-state index contributed by atoms with van der Waals surface area (Å²) in [7, 11) is 0. The number of anilines is 1. The van der Waals surface area contributed by atoms with Crippen molar-refractivity contribution in [2.75, 3.05) is 36.1 Å². The minimum atomic E-state index is -0.292. The van der Waals surface area contributed by atoms with Crippen LogP contribution in [0, 0.1) is 0 Å². The van der Waals surface area contributed by atoms with Gasteiger partial charge < -0.3 is 4.74 Å². The molecule has 0 aromatic heterocycles. The van der Waals surface area contributed by atoms with E-state index >= 15 is 0 Å². The molecule has 2 aliphatic rings. The molecule has 0 N–H and O–H groups in total. The Kier molecular flexibility index (Phi) is 4.69. The number of nitrogens with zero attached hydrogens (tertiary/aromatic N) is 2. The molecule has 1 atom stereocenters. The lowest BCUT2D eigenvalue weighted by Crippen LogP contribution is -2.45. The molecule has 6 heteroatoms. The van der Waals surface area contributed by atoms with E-state index in [1.54, 1.807) is 24.3 Å². The lowest BCUT2D eigenvalue weighted by atomic mass is 10.2. The van der Waals surface area contributed by atoms with Gasteiger partial charge in [-0.25, -0.2) is 4.90 Å². The molecule has 0 radical (unpaired) electrons. The predicted molar refractivity (Wildman–Crippen MR) is 87.4 cm³/mol. The van der Waals surface area contributed by atoms with Crippen LogP contribution < -0.4 is 9.64 Å². The molecule has 0 aliphatic carbocycles. The van der Waals surface area contributed by atoms with Gasteiger partial charge in [0.2, 0.25) is 5.91 Å². The molecular formula is C16H20N2O3S. The number of hydrogen-bond acceptors (Lipinski definition) is 5. The summed E-state index contributed by atoms with van der Waals surface area (Å²) in [5, 5.41) is 0. The molecule has 5 nitrogen and oxygen atoms in total. The summed E-state index contributed by atoms with van der Waals surface area (Å²) in [5.74, 6) is 2.59. The van der Waals surface area contributed by atoms with Gasteiger partial charge in [0.05, 0.1) is 24.8 Å². The summed E-state index contributed by atoms with van der Waals surface area (Å²) in [6.07, 6.45) is 0.288. The van der Waals surface area contributed by atoms with Crippen LogP contribution in [0.4, 0.5) is 5.69 Å². The minimum absolute atomic E-state index is 0.0962. The largest absolute Gasteiger partial charge is 0.494 e. The summed E-state index contributed by atoms with van der Waals surface area (Å²) >= 11 is 1.90. The maximum absolute atomic E-state index is 12.7. The van der Waals surface area contributed by atoms with Gasteiger partial charge in [-0.15, -0.1) is 0 Å². The molecule has 0 spiro atoms. The van der Waals surface area contributed by atoms with E-state index in [2.05, 4.69) is 4.90 Å². The Labute approximate surface area is 134 Å². The lowest BCUT2D eigenvalue weighted by Gasteiger charge is -2.30. The third-order valence-corrected chi connectivity index (χ3v) is 4.96. The Morgan fingerprint density at radius 1 is 1.18 bits per heavy atom. The second-order valence-corrected chi connectivity index (χ2v) is 6.59. The van der Waals surface area contributed by atoms with Crippen LogP contribution in [-0.2, 0) is 9.59 Å². The molecule has 2 fully saturated rings. The highest BCUT2D eigenvalue weighted by Gasteiger charge is 2.42. The normalized spacial score (nSPS) is 23.1. The van der Waals surface area contributed by atoms with Crippen molar-refractivity contribution in [2.45, 2.75) is 19.4 Å². The average Bonchev–Trinajstić information content (AvgIpc) is 2.84. The first-order valence-corrected chi connectivity index (χ1v) is 8.77. The number of hydrogen-bond donors (Lipinski definition) is 0. The van der Waals surface area contributed by atoms with E-state index in [0.717, 1.165) is 30.3 Å². The zero-order valence-electron chi connectivity index (χ0n) is 12.7. The molecule has 0 unspecified atom stereocenters. The minimum Gasteiger partial charge on any atom is -0.494 e. The SMILES string of the molecule is CCOc1ccc(N2C(=O)C[C@@H](N3CCSCC3)C2=O)cc1. The van der Waals surface area contributed by atoms with Crippen molar-refractivity contribution < 1.29 is 14.3 Å². The van der Waals surface area contributed by atoms with Crippen molar-refractivity contribution in [3.05, 3.63) is 24.3 Å². The van der Waals surface area contributed by atoms with Crippen LogP contribution in [0.5, 0.6) is 5.75 Å². The van der Waals surface area contributed by atoms with Crippen LogP contribution in [0.25, 0.3) is 0 Å². The zero-order chi connectivity index (χ0) is 15.5. The number of imide groups is 1. The van der Waals surface area contributed by atoms with Gasteiger partial charge >= 0.3 is 0 Å². The van der Waals surface area contributed by atoms with Gasteiger partial charge in [0.25, 0.3) is 5.91 Å². The highest BCUT2D eigenvalue weighted by atomic mass is 32.2. The molecule has 1 aromatic carbocycles.